The first kappa shape index (κ1) is 15.0. The summed E-state index contributed by atoms with van der Waals surface area (Å²) in [6.45, 7) is 2.03. The Morgan fingerprint density at radius 1 is 1.15 bits per heavy atom. The minimum absolute atomic E-state index is 0.223. The molecule has 0 heterocycles. The summed E-state index contributed by atoms with van der Waals surface area (Å²) >= 11 is 3.34. The number of benzene rings is 2. The van der Waals surface area contributed by atoms with Gasteiger partial charge in [0.15, 0.2) is 0 Å². The molecule has 0 aliphatic heterocycles. The van der Waals surface area contributed by atoms with Gasteiger partial charge < -0.3 is 5.73 Å². The van der Waals surface area contributed by atoms with Crippen LogP contribution in [0.15, 0.2) is 51.8 Å². The monoisotopic (exact) mass is 354 g/mol. The lowest BCUT2D eigenvalue weighted by molar-refractivity contribution is 0.581. The van der Waals surface area contributed by atoms with Gasteiger partial charge in [-0.3, -0.25) is 0 Å². The lowest BCUT2D eigenvalue weighted by Gasteiger charge is -2.09. The summed E-state index contributed by atoms with van der Waals surface area (Å²) in [4.78, 5) is 0.223. The van der Waals surface area contributed by atoms with Gasteiger partial charge in [-0.2, -0.15) is 0 Å². The summed E-state index contributed by atoms with van der Waals surface area (Å²) in [5.41, 5.74) is 7.91. The fourth-order valence-electron chi connectivity index (χ4n) is 1.68. The molecule has 4 nitrogen and oxygen atoms in total. The van der Waals surface area contributed by atoms with Crippen LogP contribution in [0, 0.1) is 6.92 Å². The van der Waals surface area contributed by atoms with Crippen molar-refractivity contribution in [3.05, 3.63) is 58.1 Å². The number of hydrogen-bond donors (Lipinski definition) is 2. The van der Waals surface area contributed by atoms with Crippen LogP contribution in [-0.4, -0.2) is 8.42 Å². The van der Waals surface area contributed by atoms with E-state index >= 15 is 0 Å². The van der Waals surface area contributed by atoms with Crippen LogP contribution in [0.4, 0.5) is 5.69 Å². The summed E-state index contributed by atoms with van der Waals surface area (Å²) < 4.78 is 27.9. The number of aryl methyl sites for hydroxylation is 1. The first-order chi connectivity index (χ1) is 9.38. The van der Waals surface area contributed by atoms with Gasteiger partial charge in [0, 0.05) is 16.7 Å². The number of anilines is 1. The van der Waals surface area contributed by atoms with E-state index in [1.807, 2.05) is 24.3 Å². The van der Waals surface area contributed by atoms with Crippen LogP contribution in [0.3, 0.4) is 0 Å². The zero-order valence-electron chi connectivity index (χ0n) is 10.9. The highest BCUT2D eigenvalue weighted by molar-refractivity contribution is 9.10. The van der Waals surface area contributed by atoms with Gasteiger partial charge in [0.05, 0.1) is 4.90 Å². The SMILES string of the molecule is Cc1cc(S(=O)(=O)NCc2ccc(Br)cc2)ccc1N. The molecule has 0 amide bonds. The third-order valence-electron chi connectivity index (χ3n) is 2.93. The second-order valence-corrected chi connectivity index (χ2v) is 7.15. The van der Waals surface area contributed by atoms with Crippen molar-refractivity contribution in [2.45, 2.75) is 18.4 Å². The molecular weight excluding hydrogens is 340 g/mol. The first-order valence-corrected chi connectivity index (χ1v) is 8.26. The van der Waals surface area contributed by atoms with Crippen LogP contribution >= 0.6 is 15.9 Å². The fraction of sp³-hybridized carbons (Fsp3) is 0.143. The molecule has 20 heavy (non-hydrogen) atoms. The zero-order valence-corrected chi connectivity index (χ0v) is 13.3. The van der Waals surface area contributed by atoms with Crippen molar-refractivity contribution in [1.29, 1.82) is 0 Å². The molecule has 0 saturated heterocycles. The average Bonchev–Trinajstić information content (AvgIpc) is 2.41. The molecule has 0 atom stereocenters. The zero-order chi connectivity index (χ0) is 14.8. The Balaban J connectivity index is 2.14. The Hall–Kier alpha value is -1.37. The molecule has 106 valence electrons. The maximum absolute atomic E-state index is 12.2. The second-order valence-electron chi connectivity index (χ2n) is 4.47. The summed E-state index contributed by atoms with van der Waals surface area (Å²) in [5, 5.41) is 0. The van der Waals surface area contributed by atoms with Gasteiger partial charge in [-0.05, 0) is 48.4 Å². The number of hydrogen-bond acceptors (Lipinski definition) is 3. The molecule has 0 unspecified atom stereocenters. The molecule has 0 bridgehead atoms. The highest BCUT2D eigenvalue weighted by Gasteiger charge is 2.14. The van der Waals surface area contributed by atoms with Crippen LogP contribution < -0.4 is 10.5 Å². The lowest BCUT2D eigenvalue weighted by Crippen LogP contribution is -2.23. The molecule has 3 N–H and O–H groups in total. The fourth-order valence-corrected chi connectivity index (χ4v) is 3.05. The number of sulfonamides is 1. The Kier molecular flexibility index (Phi) is 4.47. The van der Waals surface area contributed by atoms with Crippen molar-refractivity contribution in [2.75, 3.05) is 5.73 Å². The van der Waals surface area contributed by atoms with Gasteiger partial charge >= 0.3 is 0 Å². The number of nitrogens with one attached hydrogen (secondary N) is 1. The Labute approximate surface area is 127 Å². The predicted octanol–water partition coefficient (Wildman–Crippen LogP) is 2.82. The number of nitrogens with two attached hydrogens (primary N) is 1. The van der Waals surface area contributed by atoms with E-state index in [-0.39, 0.29) is 11.4 Å². The van der Waals surface area contributed by atoms with Crippen molar-refractivity contribution in [3.8, 4) is 0 Å². The molecule has 2 aromatic rings. The van der Waals surface area contributed by atoms with Gasteiger partial charge in [-0.1, -0.05) is 28.1 Å². The molecule has 0 aliphatic rings. The molecule has 0 spiro atoms. The van der Waals surface area contributed by atoms with E-state index in [2.05, 4.69) is 20.7 Å². The van der Waals surface area contributed by atoms with Crippen molar-refractivity contribution in [3.63, 3.8) is 0 Å². The molecule has 0 aromatic heterocycles. The van der Waals surface area contributed by atoms with Crippen molar-refractivity contribution < 1.29 is 8.42 Å². The topological polar surface area (TPSA) is 72.2 Å². The third-order valence-corrected chi connectivity index (χ3v) is 4.86. The Morgan fingerprint density at radius 2 is 1.80 bits per heavy atom. The summed E-state index contributed by atoms with van der Waals surface area (Å²) in [6, 6.07) is 12.1. The summed E-state index contributed by atoms with van der Waals surface area (Å²) in [7, 11) is -3.53. The second kappa shape index (κ2) is 5.95. The van der Waals surface area contributed by atoms with Crippen molar-refractivity contribution in [1.82, 2.24) is 4.72 Å². The van der Waals surface area contributed by atoms with Crippen LogP contribution in [-0.2, 0) is 16.6 Å². The van der Waals surface area contributed by atoms with Gasteiger partial charge in [0.25, 0.3) is 0 Å². The van der Waals surface area contributed by atoms with E-state index in [1.165, 1.54) is 6.07 Å². The van der Waals surface area contributed by atoms with E-state index in [1.54, 1.807) is 19.1 Å². The van der Waals surface area contributed by atoms with Crippen LogP contribution in [0.1, 0.15) is 11.1 Å². The molecule has 6 heteroatoms. The largest absolute Gasteiger partial charge is 0.399 e. The molecule has 0 radical (unpaired) electrons. The van der Waals surface area contributed by atoms with Crippen LogP contribution in [0.2, 0.25) is 0 Å². The summed E-state index contributed by atoms with van der Waals surface area (Å²) in [6.07, 6.45) is 0. The van der Waals surface area contributed by atoms with Gasteiger partial charge in [-0.25, -0.2) is 13.1 Å². The highest BCUT2D eigenvalue weighted by Crippen LogP contribution is 2.17. The Bertz CT molecular complexity index is 712. The predicted molar refractivity (Wildman–Crippen MR) is 83.8 cm³/mol. The van der Waals surface area contributed by atoms with Crippen molar-refractivity contribution in [2.24, 2.45) is 0 Å². The molecule has 0 aliphatic carbocycles. The quantitative estimate of drug-likeness (QED) is 0.829. The molecule has 0 saturated carbocycles. The highest BCUT2D eigenvalue weighted by atomic mass is 79.9. The summed E-state index contributed by atoms with van der Waals surface area (Å²) in [5.74, 6) is 0. The van der Waals surface area contributed by atoms with E-state index in [9.17, 15) is 8.42 Å². The van der Waals surface area contributed by atoms with Crippen molar-refractivity contribution >= 4 is 31.6 Å². The smallest absolute Gasteiger partial charge is 0.240 e. The van der Waals surface area contributed by atoms with Gasteiger partial charge in [0.1, 0.15) is 0 Å². The molecule has 2 rings (SSSR count). The molecule has 2 aromatic carbocycles. The van der Waals surface area contributed by atoms with Crippen LogP contribution in [0.25, 0.3) is 0 Å². The number of rotatable bonds is 4. The maximum atomic E-state index is 12.2. The normalized spacial score (nSPS) is 11.5. The number of nitrogen functional groups attached to an aromatic ring is 1. The first-order valence-electron chi connectivity index (χ1n) is 5.99. The number of halogens is 1. The van der Waals surface area contributed by atoms with E-state index in [0.717, 1.165) is 15.6 Å². The maximum Gasteiger partial charge on any atom is 0.240 e. The minimum atomic E-state index is -3.53. The lowest BCUT2D eigenvalue weighted by atomic mass is 10.2. The third kappa shape index (κ3) is 3.59. The van der Waals surface area contributed by atoms with Crippen LogP contribution in [0.5, 0.6) is 0 Å². The van der Waals surface area contributed by atoms with E-state index < -0.39 is 10.0 Å². The molecule has 0 fully saturated rings. The standard InChI is InChI=1S/C14H15BrN2O2S/c1-10-8-13(6-7-14(10)16)20(18,19)17-9-11-2-4-12(15)5-3-11/h2-8,17H,9,16H2,1H3. The van der Waals surface area contributed by atoms with Gasteiger partial charge in [0.2, 0.25) is 10.0 Å². The van der Waals surface area contributed by atoms with E-state index in [4.69, 9.17) is 5.73 Å². The average molecular weight is 355 g/mol. The Morgan fingerprint density at radius 3 is 2.40 bits per heavy atom. The minimum Gasteiger partial charge on any atom is -0.399 e. The van der Waals surface area contributed by atoms with E-state index in [0.29, 0.717) is 5.69 Å². The van der Waals surface area contributed by atoms with Gasteiger partial charge in [-0.15, -0.1) is 0 Å². The molecular formula is C14H15BrN2O2S.